The minimum Gasteiger partial charge on any atom is -0.385 e. The van der Waals surface area contributed by atoms with Gasteiger partial charge in [-0.15, -0.1) is 0 Å². The van der Waals surface area contributed by atoms with Crippen molar-refractivity contribution in [2.75, 3.05) is 17.2 Å². The van der Waals surface area contributed by atoms with E-state index in [4.69, 9.17) is 0 Å². The molecule has 4 N–H and O–H groups in total. The normalized spacial score (nSPS) is 16.1. The number of urea groups is 1. The second-order valence-electron chi connectivity index (χ2n) is 6.06. The number of aromatic nitrogens is 2. The summed E-state index contributed by atoms with van der Waals surface area (Å²) in [5, 5.41) is 16.9. The molecule has 1 aliphatic heterocycles. The lowest BCUT2D eigenvalue weighted by Crippen LogP contribution is -2.35. The molecule has 1 aromatic heterocycles. The van der Waals surface area contributed by atoms with Crippen molar-refractivity contribution in [3.05, 3.63) is 53.7 Å². The lowest BCUT2D eigenvalue weighted by atomic mass is 9.96. The van der Waals surface area contributed by atoms with Gasteiger partial charge in [-0.2, -0.15) is 5.10 Å². The molecule has 0 fully saturated rings. The van der Waals surface area contributed by atoms with E-state index in [2.05, 4.69) is 26.1 Å². The van der Waals surface area contributed by atoms with Crippen molar-refractivity contribution in [3.63, 3.8) is 0 Å². The van der Waals surface area contributed by atoms with Crippen molar-refractivity contribution in [3.8, 4) is 0 Å². The molecule has 1 aliphatic rings. The van der Waals surface area contributed by atoms with E-state index in [9.17, 15) is 9.18 Å². The summed E-state index contributed by atoms with van der Waals surface area (Å²) in [5.41, 5.74) is 4.04. The van der Waals surface area contributed by atoms with Gasteiger partial charge in [0.15, 0.2) is 0 Å². The molecular weight excluding hydrogens is 321 g/mol. The zero-order valence-electron chi connectivity index (χ0n) is 13.5. The van der Waals surface area contributed by atoms with E-state index < -0.39 is 6.67 Å². The summed E-state index contributed by atoms with van der Waals surface area (Å²) in [4.78, 5) is 12.4. The number of rotatable bonds is 3. The molecule has 25 heavy (non-hydrogen) atoms. The minimum absolute atomic E-state index is 0.117. The fraction of sp³-hybridized carbons (Fsp3) is 0.222. The van der Waals surface area contributed by atoms with Crippen molar-refractivity contribution >= 4 is 28.3 Å². The van der Waals surface area contributed by atoms with Crippen LogP contribution in [0.5, 0.6) is 0 Å². The van der Waals surface area contributed by atoms with Crippen LogP contribution >= 0.6 is 0 Å². The SMILES string of the molecule is O=C(Nc1cccc2[nH]ncc12)NC1CCNc2cc(CF)ccc21. The third kappa shape index (κ3) is 3.00. The van der Waals surface area contributed by atoms with E-state index in [0.29, 0.717) is 11.3 Å². The number of H-pyrrole nitrogens is 1. The van der Waals surface area contributed by atoms with Crippen LogP contribution in [-0.4, -0.2) is 22.8 Å². The predicted molar refractivity (Wildman–Crippen MR) is 95.3 cm³/mol. The zero-order valence-corrected chi connectivity index (χ0v) is 13.5. The average molecular weight is 339 g/mol. The number of hydrogen-bond acceptors (Lipinski definition) is 3. The number of anilines is 2. The molecule has 4 rings (SSSR count). The Morgan fingerprint density at radius 1 is 1.32 bits per heavy atom. The second-order valence-corrected chi connectivity index (χ2v) is 6.06. The van der Waals surface area contributed by atoms with Gasteiger partial charge in [-0.3, -0.25) is 5.10 Å². The summed E-state index contributed by atoms with van der Waals surface area (Å²) in [5.74, 6) is 0. The van der Waals surface area contributed by atoms with Crippen LogP contribution in [0.15, 0.2) is 42.6 Å². The van der Waals surface area contributed by atoms with Crippen molar-refractivity contribution in [1.29, 1.82) is 0 Å². The fourth-order valence-corrected chi connectivity index (χ4v) is 3.19. The molecule has 1 unspecified atom stereocenters. The van der Waals surface area contributed by atoms with Crippen molar-refractivity contribution in [2.45, 2.75) is 19.1 Å². The van der Waals surface area contributed by atoms with Crippen LogP contribution in [0, 0.1) is 0 Å². The summed E-state index contributed by atoms with van der Waals surface area (Å²) in [6, 6.07) is 10.6. The van der Waals surface area contributed by atoms with Gasteiger partial charge in [0.2, 0.25) is 0 Å². The van der Waals surface area contributed by atoms with Crippen LogP contribution in [0.3, 0.4) is 0 Å². The van der Waals surface area contributed by atoms with Crippen LogP contribution in [0.4, 0.5) is 20.6 Å². The first-order valence-corrected chi connectivity index (χ1v) is 8.17. The highest BCUT2D eigenvalue weighted by Gasteiger charge is 2.22. The van der Waals surface area contributed by atoms with Crippen LogP contribution in [0.1, 0.15) is 23.6 Å². The molecule has 7 heteroatoms. The van der Waals surface area contributed by atoms with Gasteiger partial charge in [0.25, 0.3) is 0 Å². The Morgan fingerprint density at radius 2 is 2.24 bits per heavy atom. The number of aromatic amines is 1. The molecule has 1 atom stereocenters. The van der Waals surface area contributed by atoms with Gasteiger partial charge >= 0.3 is 6.03 Å². The maximum Gasteiger partial charge on any atom is 0.319 e. The van der Waals surface area contributed by atoms with Crippen LogP contribution in [0.2, 0.25) is 0 Å². The Hall–Kier alpha value is -3.09. The van der Waals surface area contributed by atoms with E-state index in [1.807, 2.05) is 24.3 Å². The number of nitrogens with one attached hydrogen (secondary N) is 4. The summed E-state index contributed by atoms with van der Waals surface area (Å²) < 4.78 is 12.8. The number of nitrogens with zero attached hydrogens (tertiary/aromatic N) is 1. The lowest BCUT2D eigenvalue weighted by Gasteiger charge is -2.28. The molecule has 0 saturated heterocycles. The Labute approximate surface area is 143 Å². The Morgan fingerprint density at radius 3 is 3.12 bits per heavy atom. The van der Waals surface area contributed by atoms with Crippen molar-refractivity contribution in [1.82, 2.24) is 15.5 Å². The third-order valence-corrected chi connectivity index (χ3v) is 4.43. The van der Waals surface area contributed by atoms with Gasteiger partial charge in [0.05, 0.1) is 23.4 Å². The van der Waals surface area contributed by atoms with Gasteiger partial charge in [-0.25, -0.2) is 9.18 Å². The van der Waals surface area contributed by atoms with E-state index in [-0.39, 0.29) is 12.1 Å². The number of hydrogen-bond donors (Lipinski definition) is 4. The molecule has 3 aromatic rings. The van der Waals surface area contributed by atoms with E-state index in [1.165, 1.54) is 0 Å². The highest BCUT2D eigenvalue weighted by molar-refractivity contribution is 6.00. The molecule has 0 aliphatic carbocycles. The van der Waals surface area contributed by atoms with Crippen LogP contribution in [-0.2, 0) is 6.67 Å². The first-order chi connectivity index (χ1) is 12.2. The van der Waals surface area contributed by atoms with Gasteiger partial charge in [-0.1, -0.05) is 18.2 Å². The van der Waals surface area contributed by atoms with E-state index >= 15 is 0 Å². The molecule has 2 amide bonds. The summed E-state index contributed by atoms with van der Waals surface area (Å²) >= 11 is 0. The molecule has 2 aromatic carbocycles. The van der Waals surface area contributed by atoms with E-state index in [0.717, 1.165) is 35.1 Å². The molecule has 6 nitrogen and oxygen atoms in total. The number of carbonyl (C=O) groups is 1. The topological polar surface area (TPSA) is 81.8 Å². The number of carbonyl (C=O) groups excluding carboxylic acids is 1. The Kier molecular flexibility index (Phi) is 3.97. The summed E-state index contributed by atoms with van der Waals surface area (Å²) in [6.45, 7) is 0.229. The zero-order chi connectivity index (χ0) is 17.2. The number of benzene rings is 2. The highest BCUT2D eigenvalue weighted by Crippen LogP contribution is 2.31. The average Bonchev–Trinajstić information content (AvgIpc) is 3.11. The molecule has 0 saturated carbocycles. The minimum atomic E-state index is -0.498. The highest BCUT2D eigenvalue weighted by atomic mass is 19.1. The Bertz CT molecular complexity index is 923. The van der Waals surface area contributed by atoms with E-state index in [1.54, 1.807) is 18.3 Å². The second kappa shape index (κ2) is 6.43. The van der Waals surface area contributed by atoms with Crippen molar-refractivity contribution in [2.24, 2.45) is 0 Å². The van der Waals surface area contributed by atoms with Gasteiger partial charge < -0.3 is 16.0 Å². The molecule has 0 bridgehead atoms. The largest absolute Gasteiger partial charge is 0.385 e. The van der Waals surface area contributed by atoms with Crippen molar-refractivity contribution < 1.29 is 9.18 Å². The quantitative estimate of drug-likeness (QED) is 0.587. The maximum atomic E-state index is 12.8. The first kappa shape index (κ1) is 15.4. The molecule has 128 valence electrons. The monoisotopic (exact) mass is 339 g/mol. The van der Waals surface area contributed by atoms with Gasteiger partial charge in [0, 0.05) is 17.6 Å². The molecule has 2 heterocycles. The third-order valence-electron chi connectivity index (χ3n) is 4.43. The summed E-state index contributed by atoms with van der Waals surface area (Å²) in [7, 11) is 0. The predicted octanol–water partition coefficient (Wildman–Crippen LogP) is 3.71. The van der Waals surface area contributed by atoms with Crippen LogP contribution in [0.25, 0.3) is 10.9 Å². The number of halogens is 1. The smallest absolute Gasteiger partial charge is 0.319 e. The number of amides is 2. The standard InChI is InChI=1S/C18H18FN5O/c19-9-11-4-5-12-15(6-7-20-17(12)8-11)23-18(25)22-14-2-1-3-16-13(14)10-21-24-16/h1-5,8,10,15,20H,6-7,9H2,(H,21,24)(H2,22,23,25). The number of fused-ring (bicyclic) bond motifs is 2. The first-order valence-electron chi connectivity index (χ1n) is 8.17. The van der Waals surface area contributed by atoms with Gasteiger partial charge in [-0.05, 0) is 35.7 Å². The fourth-order valence-electron chi connectivity index (χ4n) is 3.19. The lowest BCUT2D eigenvalue weighted by molar-refractivity contribution is 0.248. The van der Waals surface area contributed by atoms with Gasteiger partial charge in [0.1, 0.15) is 6.67 Å². The molecule has 0 spiro atoms. The molecular formula is C18H18FN5O. The summed E-state index contributed by atoms with van der Waals surface area (Å²) in [6.07, 6.45) is 2.45. The Balaban J connectivity index is 1.51. The number of alkyl halides is 1. The molecule has 0 radical (unpaired) electrons. The maximum absolute atomic E-state index is 12.8. The van der Waals surface area contributed by atoms with Crippen LogP contribution < -0.4 is 16.0 Å².